The highest BCUT2D eigenvalue weighted by Gasteiger charge is 2.60. The van der Waals surface area contributed by atoms with Crippen molar-refractivity contribution >= 4 is 23.6 Å². The van der Waals surface area contributed by atoms with Gasteiger partial charge in [0.15, 0.2) is 0 Å². The van der Waals surface area contributed by atoms with Crippen molar-refractivity contribution in [2.24, 2.45) is 17.8 Å². The summed E-state index contributed by atoms with van der Waals surface area (Å²) >= 11 is 1.66. The van der Waals surface area contributed by atoms with Crippen molar-refractivity contribution in [3.8, 4) is 0 Å². The van der Waals surface area contributed by atoms with Crippen LogP contribution >= 0.6 is 11.8 Å². The summed E-state index contributed by atoms with van der Waals surface area (Å²) in [5.41, 5.74) is 0.156. The van der Waals surface area contributed by atoms with E-state index in [4.69, 9.17) is 0 Å². The van der Waals surface area contributed by atoms with Gasteiger partial charge in [-0.25, -0.2) is 4.79 Å². The number of hydrogen-bond acceptors (Lipinski definition) is 6. The van der Waals surface area contributed by atoms with Crippen molar-refractivity contribution in [3.05, 3.63) is 10.6 Å². The second-order valence-corrected chi connectivity index (χ2v) is 10.9. The topological polar surface area (TPSA) is 93.1 Å². The number of carbonyl (C=O) groups excluding carboxylic acids is 1. The van der Waals surface area contributed by atoms with Crippen LogP contribution in [0, 0.1) is 17.8 Å². The Kier molecular flexibility index (Phi) is 6.49. The Hall–Kier alpha value is -1.09. The van der Waals surface area contributed by atoms with Crippen molar-refractivity contribution in [1.82, 2.24) is 15.1 Å². The molecule has 2 saturated heterocycles. The van der Waals surface area contributed by atoms with Crippen LogP contribution in [0.5, 0.6) is 0 Å². The number of carboxylic acid groups (broad SMARTS) is 1. The average Bonchev–Trinajstić information content (AvgIpc) is 3.23. The molecule has 4 aliphatic rings. The van der Waals surface area contributed by atoms with Gasteiger partial charge in [-0.2, -0.15) is 0 Å². The summed E-state index contributed by atoms with van der Waals surface area (Å²) in [4.78, 5) is 29.3. The Balaban J connectivity index is 1.37. The third-order valence-electron chi connectivity index (χ3n) is 7.61. The Labute approximate surface area is 183 Å². The molecule has 1 saturated carbocycles. The lowest BCUT2D eigenvalue weighted by molar-refractivity contribution is -0.163. The number of amides is 1. The van der Waals surface area contributed by atoms with E-state index >= 15 is 0 Å². The predicted octanol–water partition coefficient (Wildman–Crippen LogP) is 1.73. The zero-order valence-corrected chi connectivity index (χ0v) is 19.0. The first-order chi connectivity index (χ1) is 14.3. The molecule has 30 heavy (non-hydrogen) atoms. The van der Waals surface area contributed by atoms with Crippen molar-refractivity contribution in [2.45, 2.75) is 69.4 Å². The number of carboxylic acids is 1. The Morgan fingerprint density at radius 2 is 1.97 bits per heavy atom. The van der Waals surface area contributed by atoms with Gasteiger partial charge in [-0.1, -0.05) is 6.92 Å². The van der Waals surface area contributed by atoms with Crippen LogP contribution in [-0.4, -0.2) is 82.0 Å². The van der Waals surface area contributed by atoms with E-state index in [0.717, 1.165) is 36.9 Å². The molecule has 0 radical (unpaired) electrons. The first-order valence-electron chi connectivity index (χ1n) is 11.4. The number of rotatable bonds is 7. The molecular weight excluding hydrogens is 402 g/mol. The van der Waals surface area contributed by atoms with Crippen LogP contribution in [0.3, 0.4) is 0 Å². The monoisotopic (exact) mass is 437 g/mol. The second-order valence-electron chi connectivity index (χ2n) is 9.57. The third-order valence-corrected chi connectivity index (χ3v) is 9.14. The standard InChI is InChI=1S/C22H35N3O4S/c1-12-18-17(13(2)26)21(27)25(18)19(22(28)29)20(12)30-16-8-9-24(11-16)10-14-4-6-15(23-3)7-5-14/h12-18,23,26H,4-11H2,1-3H3,(H,28,29)/t12-,13-,14?,15?,16?,17-,18-/m1/s1. The first kappa shape index (κ1) is 22.1. The highest BCUT2D eigenvalue weighted by molar-refractivity contribution is 8.03. The number of aliphatic carboxylic acids is 1. The van der Waals surface area contributed by atoms with Gasteiger partial charge in [0.1, 0.15) is 5.70 Å². The minimum atomic E-state index is -1.03. The van der Waals surface area contributed by atoms with Gasteiger partial charge >= 0.3 is 5.97 Å². The predicted molar refractivity (Wildman–Crippen MR) is 117 cm³/mol. The molecule has 168 valence electrons. The summed E-state index contributed by atoms with van der Waals surface area (Å²) < 4.78 is 0. The quantitative estimate of drug-likeness (QED) is 0.522. The van der Waals surface area contributed by atoms with Gasteiger partial charge in [-0.05, 0) is 58.5 Å². The molecule has 1 unspecified atom stereocenters. The van der Waals surface area contributed by atoms with Crippen LogP contribution in [-0.2, 0) is 9.59 Å². The molecule has 1 amide bonds. The SMILES string of the molecule is CNC1CCC(CN2CCC(SC3=C(C(=O)O)N4C(=O)[C@H]([C@@H](C)O)[C@H]4[C@H]3C)C2)CC1. The number of nitrogens with zero attached hydrogens (tertiary/aromatic N) is 2. The maximum Gasteiger partial charge on any atom is 0.353 e. The lowest BCUT2D eigenvalue weighted by Gasteiger charge is -2.46. The van der Waals surface area contributed by atoms with E-state index in [1.54, 1.807) is 18.7 Å². The molecule has 0 aromatic carbocycles. The highest BCUT2D eigenvalue weighted by Crippen LogP contribution is 2.52. The molecule has 5 atom stereocenters. The molecule has 3 aliphatic heterocycles. The number of nitrogens with one attached hydrogen (secondary N) is 1. The van der Waals surface area contributed by atoms with Gasteiger partial charge in [-0.3, -0.25) is 4.79 Å². The maximum absolute atomic E-state index is 12.5. The van der Waals surface area contributed by atoms with Gasteiger partial charge < -0.3 is 25.3 Å². The summed E-state index contributed by atoms with van der Waals surface area (Å²) in [5, 5.41) is 23.6. The fraction of sp³-hybridized carbons (Fsp3) is 0.818. The average molecular weight is 438 g/mol. The van der Waals surface area contributed by atoms with E-state index in [2.05, 4.69) is 17.3 Å². The molecule has 4 rings (SSSR count). The normalized spacial score (nSPS) is 38.0. The van der Waals surface area contributed by atoms with Crippen molar-refractivity contribution in [2.75, 3.05) is 26.7 Å². The Bertz CT molecular complexity index is 719. The minimum absolute atomic E-state index is 0.0377. The van der Waals surface area contributed by atoms with E-state index in [0.29, 0.717) is 11.3 Å². The number of likely N-dealkylation sites (tertiary alicyclic amines) is 1. The Morgan fingerprint density at radius 3 is 2.57 bits per heavy atom. The zero-order chi connectivity index (χ0) is 21.6. The van der Waals surface area contributed by atoms with Crippen LogP contribution in [0.4, 0.5) is 0 Å². The number of aliphatic hydroxyl groups excluding tert-OH is 1. The fourth-order valence-corrected chi connectivity index (χ4v) is 7.44. The minimum Gasteiger partial charge on any atom is -0.477 e. The molecular formula is C22H35N3O4S. The molecule has 3 fully saturated rings. The van der Waals surface area contributed by atoms with Gasteiger partial charge in [0, 0.05) is 35.2 Å². The van der Waals surface area contributed by atoms with E-state index in [1.165, 1.54) is 30.6 Å². The number of thioether (sulfide) groups is 1. The smallest absolute Gasteiger partial charge is 0.353 e. The van der Waals surface area contributed by atoms with Crippen molar-refractivity contribution in [3.63, 3.8) is 0 Å². The summed E-state index contributed by atoms with van der Waals surface area (Å²) in [6.45, 7) is 6.82. The fourth-order valence-electron chi connectivity index (χ4n) is 5.92. The van der Waals surface area contributed by atoms with Crippen LogP contribution < -0.4 is 5.32 Å². The van der Waals surface area contributed by atoms with Crippen molar-refractivity contribution in [1.29, 1.82) is 0 Å². The second kappa shape index (κ2) is 8.81. The summed E-state index contributed by atoms with van der Waals surface area (Å²) in [5.74, 6) is -1.03. The lowest BCUT2D eigenvalue weighted by atomic mass is 9.79. The summed E-state index contributed by atoms with van der Waals surface area (Å²) in [6.07, 6.45) is 5.39. The van der Waals surface area contributed by atoms with Gasteiger partial charge in [0.2, 0.25) is 5.91 Å². The van der Waals surface area contributed by atoms with Gasteiger partial charge in [-0.15, -0.1) is 11.8 Å². The molecule has 0 aromatic rings. The molecule has 3 heterocycles. The molecule has 0 bridgehead atoms. The van der Waals surface area contributed by atoms with E-state index < -0.39 is 18.0 Å². The van der Waals surface area contributed by atoms with E-state index in [-0.39, 0.29) is 23.6 Å². The molecule has 0 spiro atoms. The van der Waals surface area contributed by atoms with Crippen LogP contribution in [0.15, 0.2) is 10.6 Å². The summed E-state index contributed by atoms with van der Waals surface area (Å²) in [6, 6.07) is 0.456. The number of hydrogen-bond donors (Lipinski definition) is 3. The number of carbonyl (C=O) groups is 2. The van der Waals surface area contributed by atoms with Gasteiger partial charge in [0.05, 0.1) is 18.1 Å². The van der Waals surface area contributed by atoms with Gasteiger partial charge in [0.25, 0.3) is 0 Å². The number of fused-ring (bicyclic) bond motifs is 1. The van der Waals surface area contributed by atoms with Crippen LogP contribution in [0.1, 0.15) is 46.0 Å². The highest BCUT2D eigenvalue weighted by atomic mass is 32.2. The maximum atomic E-state index is 12.5. The lowest BCUT2D eigenvalue weighted by Crippen LogP contribution is -2.63. The third kappa shape index (κ3) is 3.92. The molecule has 1 aliphatic carbocycles. The van der Waals surface area contributed by atoms with E-state index in [9.17, 15) is 19.8 Å². The number of aliphatic hydroxyl groups is 1. The first-order valence-corrected chi connectivity index (χ1v) is 12.2. The summed E-state index contributed by atoms with van der Waals surface area (Å²) in [7, 11) is 2.05. The molecule has 3 N–H and O–H groups in total. The van der Waals surface area contributed by atoms with Crippen LogP contribution in [0.2, 0.25) is 0 Å². The zero-order valence-electron chi connectivity index (χ0n) is 18.2. The molecule has 8 heteroatoms. The van der Waals surface area contributed by atoms with E-state index in [1.807, 2.05) is 6.92 Å². The molecule has 0 aromatic heterocycles. The van der Waals surface area contributed by atoms with Crippen LogP contribution in [0.25, 0.3) is 0 Å². The Morgan fingerprint density at radius 1 is 1.27 bits per heavy atom. The largest absolute Gasteiger partial charge is 0.477 e. The van der Waals surface area contributed by atoms with Crippen molar-refractivity contribution < 1.29 is 19.8 Å². The number of β-lactam (4-membered cyclic amide) rings is 1. The molecule has 7 nitrogen and oxygen atoms in total.